The Labute approximate surface area is 98.4 Å². The number of carboxylic acid groups (broad SMARTS) is 1. The number of aromatic nitrogens is 2. The van der Waals surface area contributed by atoms with Crippen LogP contribution >= 0.6 is 0 Å². The molecule has 0 aliphatic rings. The van der Waals surface area contributed by atoms with E-state index in [1.807, 2.05) is 13.8 Å². The summed E-state index contributed by atoms with van der Waals surface area (Å²) < 4.78 is 6.31. The van der Waals surface area contributed by atoms with Gasteiger partial charge < -0.3 is 15.2 Å². The lowest BCUT2D eigenvalue weighted by molar-refractivity contribution is -0.143. The second-order valence-corrected chi connectivity index (χ2v) is 3.69. The molecule has 1 aromatic rings. The summed E-state index contributed by atoms with van der Waals surface area (Å²) in [7, 11) is 0. The molecule has 7 heteroatoms. The van der Waals surface area contributed by atoms with Gasteiger partial charge in [0, 0.05) is 12.1 Å². The smallest absolute Gasteiger partial charge is 0.329 e. The third-order valence-corrected chi connectivity index (χ3v) is 1.89. The number of anilines is 1. The fraction of sp³-hybridized carbons (Fsp3) is 0.500. The van der Waals surface area contributed by atoms with Gasteiger partial charge in [-0.15, -0.1) is 0 Å². The summed E-state index contributed by atoms with van der Waals surface area (Å²) in [6.45, 7) is 3.08. The van der Waals surface area contributed by atoms with E-state index in [9.17, 15) is 9.59 Å². The molecule has 2 N–H and O–H groups in total. The maximum absolute atomic E-state index is 11.4. The highest BCUT2D eigenvalue weighted by Crippen LogP contribution is 2.12. The molecule has 0 saturated heterocycles. The molecule has 0 unspecified atom stereocenters. The van der Waals surface area contributed by atoms with Gasteiger partial charge in [0.1, 0.15) is 19.0 Å². The maximum atomic E-state index is 11.4. The van der Waals surface area contributed by atoms with Crippen molar-refractivity contribution in [2.24, 2.45) is 0 Å². The molecular weight excluding hydrogens is 226 g/mol. The molecule has 17 heavy (non-hydrogen) atoms. The summed E-state index contributed by atoms with van der Waals surface area (Å²) in [5, 5.41) is 15.0. The van der Waals surface area contributed by atoms with Crippen LogP contribution in [0.5, 0.6) is 0 Å². The van der Waals surface area contributed by atoms with Gasteiger partial charge in [-0.1, -0.05) is 0 Å². The van der Waals surface area contributed by atoms with E-state index in [0.29, 0.717) is 5.82 Å². The first-order valence-corrected chi connectivity index (χ1v) is 5.13. The second-order valence-electron chi connectivity index (χ2n) is 3.69. The van der Waals surface area contributed by atoms with Gasteiger partial charge in [-0.25, -0.2) is 9.48 Å². The van der Waals surface area contributed by atoms with E-state index in [1.54, 1.807) is 16.9 Å². The molecule has 0 aliphatic carbocycles. The number of nitrogens with zero attached hydrogens (tertiary/aromatic N) is 2. The highest BCUT2D eigenvalue weighted by atomic mass is 16.5. The largest absolute Gasteiger partial charge is 0.480 e. The predicted octanol–water partition coefficient (Wildman–Crippen LogP) is 0.504. The van der Waals surface area contributed by atoms with E-state index in [4.69, 9.17) is 5.11 Å². The summed E-state index contributed by atoms with van der Waals surface area (Å²) in [6.07, 6.45) is 1.58. The van der Waals surface area contributed by atoms with E-state index < -0.39 is 18.5 Å². The van der Waals surface area contributed by atoms with Crippen molar-refractivity contribution in [3.8, 4) is 0 Å². The number of carboxylic acids is 1. The monoisotopic (exact) mass is 241 g/mol. The minimum Gasteiger partial charge on any atom is -0.480 e. The first kappa shape index (κ1) is 13.2. The Kier molecular flexibility index (Phi) is 4.65. The predicted molar refractivity (Wildman–Crippen MR) is 59.7 cm³/mol. The van der Waals surface area contributed by atoms with Crippen LogP contribution in [0.25, 0.3) is 0 Å². The molecule has 0 radical (unpaired) electrons. The van der Waals surface area contributed by atoms with E-state index in [-0.39, 0.29) is 12.6 Å². The first-order chi connectivity index (χ1) is 8.00. The van der Waals surface area contributed by atoms with Crippen LogP contribution < -0.4 is 5.32 Å². The van der Waals surface area contributed by atoms with Crippen molar-refractivity contribution >= 4 is 17.7 Å². The Morgan fingerprint density at radius 3 is 2.82 bits per heavy atom. The third kappa shape index (κ3) is 4.23. The van der Waals surface area contributed by atoms with E-state index in [1.165, 1.54) is 0 Å². The van der Waals surface area contributed by atoms with Crippen LogP contribution in [0.15, 0.2) is 12.3 Å². The van der Waals surface area contributed by atoms with Gasteiger partial charge in [0.05, 0.1) is 6.20 Å². The van der Waals surface area contributed by atoms with Crippen molar-refractivity contribution in [1.82, 2.24) is 9.78 Å². The zero-order valence-corrected chi connectivity index (χ0v) is 9.71. The third-order valence-electron chi connectivity index (χ3n) is 1.89. The quantitative estimate of drug-likeness (QED) is 0.756. The molecule has 0 atom stereocenters. The molecule has 1 amide bonds. The highest BCUT2D eigenvalue weighted by molar-refractivity contribution is 5.91. The number of hydrogen-bond acceptors (Lipinski definition) is 4. The van der Waals surface area contributed by atoms with Gasteiger partial charge in [0.25, 0.3) is 5.91 Å². The molecule has 0 saturated carbocycles. The SMILES string of the molecule is CC(C)n1nccc1NC(=O)COCC(=O)O. The number of carbonyl (C=O) groups excluding carboxylic acids is 1. The Hall–Kier alpha value is -1.89. The summed E-state index contributed by atoms with van der Waals surface area (Å²) in [6, 6.07) is 1.79. The molecule has 7 nitrogen and oxygen atoms in total. The molecule has 0 aromatic carbocycles. The summed E-state index contributed by atoms with van der Waals surface area (Å²) >= 11 is 0. The number of carbonyl (C=O) groups is 2. The van der Waals surface area contributed by atoms with Crippen LogP contribution in [0, 0.1) is 0 Å². The molecule has 1 rings (SSSR count). The topological polar surface area (TPSA) is 93.5 Å². The zero-order chi connectivity index (χ0) is 12.8. The minimum absolute atomic E-state index is 0.125. The Morgan fingerprint density at radius 1 is 1.53 bits per heavy atom. The second kappa shape index (κ2) is 6.00. The lowest BCUT2D eigenvalue weighted by atomic mass is 10.4. The van der Waals surface area contributed by atoms with Gasteiger partial charge in [-0.2, -0.15) is 5.10 Å². The molecule has 0 spiro atoms. The van der Waals surface area contributed by atoms with E-state index in [0.717, 1.165) is 0 Å². The number of aliphatic carboxylic acids is 1. The number of amides is 1. The average Bonchev–Trinajstić information content (AvgIpc) is 2.65. The molecule has 0 bridgehead atoms. The molecule has 1 heterocycles. The Morgan fingerprint density at radius 2 is 2.24 bits per heavy atom. The molecule has 1 aromatic heterocycles. The van der Waals surface area contributed by atoms with Crippen molar-refractivity contribution in [1.29, 1.82) is 0 Å². The minimum atomic E-state index is -1.11. The van der Waals surface area contributed by atoms with Crippen LogP contribution in [0.1, 0.15) is 19.9 Å². The van der Waals surface area contributed by atoms with E-state index >= 15 is 0 Å². The van der Waals surface area contributed by atoms with E-state index in [2.05, 4.69) is 15.2 Å². The lowest BCUT2D eigenvalue weighted by Gasteiger charge is -2.11. The number of nitrogens with one attached hydrogen (secondary N) is 1. The standard InChI is InChI=1S/C10H15N3O4/c1-7(2)13-8(3-4-11-13)12-9(14)5-17-6-10(15)16/h3-4,7H,5-6H2,1-2H3,(H,12,14)(H,15,16). The fourth-order valence-corrected chi connectivity index (χ4v) is 1.23. The lowest BCUT2D eigenvalue weighted by Crippen LogP contribution is -2.22. The van der Waals surface area contributed by atoms with Gasteiger partial charge in [0.15, 0.2) is 0 Å². The Balaban J connectivity index is 2.45. The molecule has 0 aliphatic heterocycles. The molecule has 0 fully saturated rings. The van der Waals surface area contributed by atoms with Crippen LogP contribution in [0.4, 0.5) is 5.82 Å². The zero-order valence-electron chi connectivity index (χ0n) is 9.71. The first-order valence-electron chi connectivity index (χ1n) is 5.13. The normalized spacial score (nSPS) is 10.5. The average molecular weight is 241 g/mol. The van der Waals surface area contributed by atoms with Gasteiger partial charge in [-0.05, 0) is 13.8 Å². The van der Waals surface area contributed by atoms with Gasteiger partial charge in [0.2, 0.25) is 0 Å². The van der Waals surface area contributed by atoms with Crippen molar-refractivity contribution in [2.75, 3.05) is 18.5 Å². The van der Waals surface area contributed by atoms with Crippen LogP contribution in [-0.4, -0.2) is 40.0 Å². The maximum Gasteiger partial charge on any atom is 0.329 e. The molecular formula is C10H15N3O4. The highest BCUT2D eigenvalue weighted by Gasteiger charge is 2.09. The fourth-order valence-electron chi connectivity index (χ4n) is 1.23. The van der Waals surface area contributed by atoms with Gasteiger partial charge in [-0.3, -0.25) is 4.79 Å². The van der Waals surface area contributed by atoms with Crippen LogP contribution in [0.2, 0.25) is 0 Å². The summed E-state index contributed by atoms with van der Waals surface area (Å²) in [5.74, 6) is -0.956. The summed E-state index contributed by atoms with van der Waals surface area (Å²) in [4.78, 5) is 21.6. The molecule has 94 valence electrons. The van der Waals surface area contributed by atoms with Crippen LogP contribution in [0.3, 0.4) is 0 Å². The van der Waals surface area contributed by atoms with Crippen molar-refractivity contribution < 1.29 is 19.4 Å². The van der Waals surface area contributed by atoms with Crippen molar-refractivity contribution in [2.45, 2.75) is 19.9 Å². The number of ether oxygens (including phenoxy) is 1. The Bertz CT molecular complexity index is 400. The van der Waals surface area contributed by atoms with Crippen molar-refractivity contribution in [3.63, 3.8) is 0 Å². The van der Waals surface area contributed by atoms with Crippen LogP contribution in [-0.2, 0) is 14.3 Å². The number of rotatable bonds is 6. The van der Waals surface area contributed by atoms with Gasteiger partial charge >= 0.3 is 5.97 Å². The number of hydrogen-bond donors (Lipinski definition) is 2. The van der Waals surface area contributed by atoms with Crippen molar-refractivity contribution in [3.05, 3.63) is 12.3 Å². The summed E-state index contributed by atoms with van der Waals surface area (Å²) in [5.41, 5.74) is 0.